The lowest BCUT2D eigenvalue weighted by Gasteiger charge is -2.12. The number of halogens is 1. The van der Waals surface area contributed by atoms with Gasteiger partial charge >= 0.3 is 0 Å². The van der Waals surface area contributed by atoms with Gasteiger partial charge in [-0.05, 0) is 29.8 Å². The Kier molecular flexibility index (Phi) is 3.69. The van der Waals surface area contributed by atoms with Crippen molar-refractivity contribution in [2.75, 3.05) is 19.0 Å². The lowest BCUT2D eigenvalue weighted by molar-refractivity contribution is 0.587. The molecule has 0 saturated carbocycles. The van der Waals surface area contributed by atoms with Crippen molar-refractivity contribution in [1.82, 2.24) is 14.4 Å². The van der Waals surface area contributed by atoms with Crippen LogP contribution in [0.1, 0.15) is 0 Å². The van der Waals surface area contributed by atoms with Crippen molar-refractivity contribution in [3.63, 3.8) is 0 Å². The number of nitrogens with zero attached hydrogens (tertiary/aromatic N) is 4. The van der Waals surface area contributed by atoms with Gasteiger partial charge in [0.15, 0.2) is 0 Å². The van der Waals surface area contributed by atoms with Gasteiger partial charge < -0.3 is 9.30 Å². The minimum absolute atomic E-state index is 0.466. The summed E-state index contributed by atoms with van der Waals surface area (Å²) in [5.41, 5.74) is 4.07. The second-order valence-corrected chi connectivity index (χ2v) is 6.07. The van der Waals surface area contributed by atoms with Crippen LogP contribution < -0.4 is 4.90 Å². The van der Waals surface area contributed by atoms with E-state index in [2.05, 4.69) is 9.97 Å². The van der Waals surface area contributed by atoms with Crippen molar-refractivity contribution >= 4 is 11.5 Å². The number of anilines is 1. The Morgan fingerprint density at radius 2 is 1.64 bits per heavy atom. The first kappa shape index (κ1) is 15.3. The molecule has 4 nitrogen and oxygen atoms in total. The van der Waals surface area contributed by atoms with E-state index in [4.69, 9.17) is 0 Å². The SMILES string of the molecule is CN(C)c1ccc(-c2ccc(-c3cn4ccccc4n3)cc2)c(F)n1. The van der Waals surface area contributed by atoms with Gasteiger partial charge in [0.05, 0.1) is 5.69 Å². The second-order valence-electron chi connectivity index (χ2n) is 6.07. The number of rotatable bonds is 3. The van der Waals surface area contributed by atoms with Crippen molar-refractivity contribution in [2.24, 2.45) is 0 Å². The van der Waals surface area contributed by atoms with E-state index >= 15 is 0 Å². The molecule has 0 saturated heterocycles. The van der Waals surface area contributed by atoms with Crippen molar-refractivity contribution < 1.29 is 4.39 Å². The van der Waals surface area contributed by atoms with Crippen LogP contribution in [0.3, 0.4) is 0 Å². The molecule has 3 heterocycles. The fourth-order valence-electron chi connectivity index (χ4n) is 2.78. The topological polar surface area (TPSA) is 33.4 Å². The standard InChI is InChI=1S/C20H17FN4/c1-24(2)18-11-10-16(20(21)23-18)14-6-8-15(9-7-14)17-13-25-12-4-3-5-19(25)22-17/h3-13H,1-2H3. The first-order chi connectivity index (χ1) is 12.1. The molecule has 3 aromatic heterocycles. The van der Waals surface area contributed by atoms with E-state index in [9.17, 15) is 4.39 Å². The summed E-state index contributed by atoms with van der Waals surface area (Å²) in [7, 11) is 3.68. The summed E-state index contributed by atoms with van der Waals surface area (Å²) in [6.45, 7) is 0. The largest absolute Gasteiger partial charge is 0.363 e. The van der Waals surface area contributed by atoms with Gasteiger partial charge in [0, 0.05) is 37.6 Å². The Labute approximate surface area is 145 Å². The van der Waals surface area contributed by atoms with Crippen LogP contribution in [0.25, 0.3) is 28.0 Å². The van der Waals surface area contributed by atoms with Crippen LogP contribution in [0, 0.1) is 5.95 Å². The van der Waals surface area contributed by atoms with Crippen molar-refractivity contribution in [3.8, 4) is 22.4 Å². The van der Waals surface area contributed by atoms with E-state index in [1.807, 2.05) is 79.4 Å². The molecule has 0 atom stereocenters. The zero-order valence-electron chi connectivity index (χ0n) is 14.0. The first-order valence-electron chi connectivity index (χ1n) is 8.00. The molecule has 0 N–H and O–H groups in total. The summed E-state index contributed by atoms with van der Waals surface area (Å²) < 4.78 is 16.3. The number of benzene rings is 1. The zero-order valence-corrected chi connectivity index (χ0v) is 14.0. The molecule has 5 heteroatoms. The van der Waals surface area contributed by atoms with Crippen LogP contribution in [0.2, 0.25) is 0 Å². The minimum atomic E-state index is -0.466. The Morgan fingerprint density at radius 1 is 0.880 bits per heavy atom. The summed E-state index contributed by atoms with van der Waals surface area (Å²) in [6.07, 6.45) is 3.95. The molecule has 0 bridgehead atoms. The minimum Gasteiger partial charge on any atom is -0.363 e. The van der Waals surface area contributed by atoms with E-state index in [0.29, 0.717) is 11.4 Å². The normalized spacial score (nSPS) is 11.0. The van der Waals surface area contributed by atoms with E-state index in [1.165, 1.54) is 0 Å². The van der Waals surface area contributed by atoms with Gasteiger partial charge in [0.1, 0.15) is 11.5 Å². The molecule has 25 heavy (non-hydrogen) atoms. The van der Waals surface area contributed by atoms with Gasteiger partial charge in [-0.1, -0.05) is 30.3 Å². The lowest BCUT2D eigenvalue weighted by atomic mass is 10.0. The predicted molar refractivity (Wildman–Crippen MR) is 98.1 cm³/mol. The second kappa shape index (κ2) is 6.02. The van der Waals surface area contributed by atoms with E-state index < -0.39 is 5.95 Å². The molecule has 4 aromatic rings. The lowest BCUT2D eigenvalue weighted by Crippen LogP contribution is -2.11. The monoisotopic (exact) mass is 332 g/mol. The summed E-state index contributed by atoms with van der Waals surface area (Å²) in [5.74, 6) is 0.134. The molecular formula is C20H17FN4. The third-order valence-electron chi connectivity index (χ3n) is 4.15. The molecule has 0 spiro atoms. The number of imidazole rings is 1. The number of fused-ring (bicyclic) bond motifs is 1. The third kappa shape index (κ3) is 2.85. The smallest absolute Gasteiger partial charge is 0.222 e. The van der Waals surface area contributed by atoms with Crippen LogP contribution >= 0.6 is 0 Å². The number of pyridine rings is 2. The van der Waals surface area contributed by atoms with Gasteiger partial charge in [-0.3, -0.25) is 0 Å². The highest BCUT2D eigenvalue weighted by Gasteiger charge is 2.10. The molecule has 0 aliphatic rings. The summed E-state index contributed by atoms with van der Waals surface area (Å²) >= 11 is 0. The van der Waals surface area contributed by atoms with Crippen LogP contribution in [0.5, 0.6) is 0 Å². The van der Waals surface area contributed by atoms with E-state index in [-0.39, 0.29) is 0 Å². The van der Waals surface area contributed by atoms with Crippen LogP contribution in [0.15, 0.2) is 67.0 Å². The van der Waals surface area contributed by atoms with Crippen LogP contribution in [0.4, 0.5) is 10.2 Å². The van der Waals surface area contributed by atoms with Crippen LogP contribution in [-0.4, -0.2) is 28.5 Å². The highest BCUT2D eigenvalue weighted by atomic mass is 19.1. The molecular weight excluding hydrogens is 315 g/mol. The Hall–Kier alpha value is -3.21. The summed E-state index contributed by atoms with van der Waals surface area (Å²) in [6, 6.07) is 17.2. The summed E-state index contributed by atoms with van der Waals surface area (Å²) in [4.78, 5) is 10.4. The fourth-order valence-corrected chi connectivity index (χ4v) is 2.78. The quantitative estimate of drug-likeness (QED) is 0.525. The Morgan fingerprint density at radius 3 is 2.32 bits per heavy atom. The predicted octanol–water partition coefficient (Wildman–Crippen LogP) is 4.27. The van der Waals surface area contributed by atoms with Gasteiger partial charge in [0.25, 0.3) is 0 Å². The van der Waals surface area contributed by atoms with Gasteiger partial charge in [-0.15, -0.1) is 0 Å². The van der Waals surface area contributed by atoms with Gasteiger partial charge in [-0.25, -0.2) is 9.97 Å². The maximum absolute atomic E-state index is 14.3. The maximum Gasteiger partial charge on any atom is 0.222 e. The molecule has 0 aliphatic carbocycles. The Bertz CT molecular complexity index is 1000. The van der Waals surface area contributed by atoms with Crippen molar-refractivity contribution in [2.45, 2.75) is 0 Å². The molecule has 1 aromatic carbocycles. The van der Waals surface area contributed by atoms with E-state index in [0.717, 1.165) is 22.5 Å². The van der Waals surface area contributed by atoms with Gasteiger partial charge in [-0.2, -0.15) is 4.39 Å². The molecule has 4 rings (SSSR count). The van der Waals surface area contributed by atoms with E-state index in [1.54, 1.807) is 11.0 Å². The van der Waals surface area contributed by atoms with Gasteiger partial charge in [0.2, 0.25) is 5.95 Å². The highest BCUT2D eigenvalue weighted by Crippen LogP contribution is 2.27. The molecule has 0 unspecified atom stereocenters. The van der Waals surface area contributed by atoms with Crippen molar-refractivity contribution in [1.29, 1.82) is 0 Å². The fraction of sp³-hybridized carbons (Fsp3) is 0.100. The zero-order chi connectivity index (χ0) is 17.4. The first-order valence-corrected chi connectivity index (χ1v) is 8.00. The number of aromatic nitrogens is 3. The van der Waals surface area contributed by atoms with Crippen LogP contribution in [-0.2, 0) is 0 Å². The molecule has 0 aliphatic heterocycles. The molecule has 0 radical (unpaired) electrons. The molecule has 0 fully saturated rings. The van der Waals surface area contributed by atoms with Crippen molar-refractivity contribution in [3.05, 3.63) is 72.9 Å². The highest BCUT2D eigenvalue weighted by molar-refractivity contribution is 5.70. The average Bonchev–Trinajstić information content (AvgIpc) is 3.06. The maximum atomic E-state index is 14.3. The number of hydrogen-bond acceptors (Lipinski definition) is 3. The average molecular weight is 332 g/mol. The molecule has 124 valence electrons. The molecule has 0 amide bonds. The summed E-state index contributed by atoms with van der Waals surface area (Å²) in [5, 5.41) is 0. The Balaban J connectivity index is 1.68. The third-order valence-corrected chi connectivity index (χ3v) is 4.15. The number of hydrogen-bond donors (Lipinski definition) is 0.